The zero-order valence-electron chi connectivity index (χ0n) is 18.4. The van der Waals surface area contributed by atoms with E-state index in [1.165, 1.54) is 51.4 Å². The van der Waals surface area contributed by atoms with E-state index in [0.717, 1.165) is 17.8 Å². The summed E-state index contributed by atoms with van der Waals surface area (Å²) < 4.78 is 0. The Morgan fingerprint density at radius 1 is 1.11 bits per heavy atom. The van der Waals surface area contributed by atoms with E-state index in [9.17, 15) is 0 Å². The van der Waals surface area contributed by atoms with E-state index in [0.29, 0.717) is 16.7 Å². The standard InChI is InChI=1S/C27H40/c1-19(2)20(3)9-8-11-22-13-15-24-23-14-12-21-10-6-7-17-26(21,4)25(23)16-18-27(22,24)5/h8-9,12,14,16,19-20,22,24H,6-7,10-11,13,15,17-18H2,1-5H3/b9-8+. The quantitative estimate of drug-likeness (QED) is 0.443. The van der Waals surface area contributed by atoms with Crippen LogP contribution in [0.4, 0.5) is 0 Å². The minimum absolute atomic E-state index is 0.356. The van der Waals surface area contributed by atoms with Gasteiger partial charge in [-0.2, -0.15) is 0 Å². The van der Waals surface area contributed by atoms with E-state index in [1.807, 2.05) is 0 Å². The van der Waals surface area contributed by atoms with Crippen LogP contribution in [0.1, 0.15) is 86.0 Å². The summed E-state index contributed by atoms with van der Waals surface area (Å²) in [7, 11) is 0. The molecule has 5 atom stereocenters. The number of rotatable bonds is 4. The Morgan fingerprint density at radius 3 is 2.70 bits per heavy atom. The molecule has 0 aliphatic heterocycles. The molecule has 0 bridgehead atoms. The maximum atomic E-state index is 2.68. The molecule has 4 aliphatic rings. The molecule has 0 nitrogen and oxygen atoms in total. The Kier molecular flexibility index (Phi) is 5.06. The maximum Gasteiger partial charge on any atom is 0.0136 e. The van der Waals surface area contributed by atoms with Crippen molar-refractivity contribution in [2.24, 2.45) is 34.5 Å². The normalized spacial score (nSPS) is 39.4. The highest BCUT2D eigenvalue weighted by atomic mass is 14.6. The second kappa shape index (κ2) is 7.09. The van der Waals surface area contributed by atoms with Crippen LogP contribution in [-0.4, -0.2) is 0 Å². The minimum Gasteiger partial charge on any atom is -0.0880 e. The second-order valence-corrected chi connectivity index (χ2v) is 10.8. The van der Waals surface area contributed by atoms with Crippen LogP contribution >= 0.6 is 0 Å². The Hall–Kier alpha value is -1.04. The van der Waals surface area contributed by atoms with Crippen molar-refractivity contribution < 1.29 is 0 Å². The topological polar surface area (TPSA) is 0 Å². The molecule has 2 saturated carbocycles. The Bertz CT molecular complexity index is 700. The van der Waals surface area contributed by atoms with Crippen molar-refractivity contribution in [1.82, 2.24) is 0 Å². The molecular formula is C27H40. The van der Waals surface area contributed by atoms with Gasteiger partial charge >= 0.3 is 0 Å². The van der Waals surface area contributed by atoms with E-state index in [-0.39, 0.29) is 0 Å². The molecule has 5 unspecified atom stereocenters. The highest BCUT2D eigenvalue weighted by Crippen LogP contribution is 2.63. The average molecular weight is 365 g/mol. The van der Waals surface area contributed by atoms with Crippen molar-refractivity contribution in [1.29, 1.82) is 0 Å². The molecule has 4 rings (SSSR count). The van der Waals surface area contributed by atoms with Gasteiger partial charge in [0.25, 0.3) is 0 Å². The third-order valence-corrected chi connectivity index (χ3v) is 9.02. The zero-order valence-corrected chi connectivity index (χ0v) is 18.4. The first-order chi connectivity index (χ1) is 12.9. The third kappa shape index (κ3) is 3.12. The molecule has 0 radical (unpaired) electrons. The van der Waals surface area contributed by atoms with Gasteiger partial charge in [-0.15, -0.1) is 0 Å². The van der Waals surface area contributed by atoms with E-state index in [2.05, 4.69) is 65.0 Å². The molecule has 0 aromatic rings. The smallest absolute Gasteiger partial charge is 0.0136 e. The maximum absolute atomic E-state index is 2.68. The first-order valence-electron chi connectivity index (χ1n) is 11.6. The highest BCUT2D eigenvalue weighted by Gasteiger charge is 2.52. The molecule has 27 heavy (non-hydrogen) atoms. The monoisotopic (exact) mass is 364 g/mol. The van der Waals surface area contributed by atoms with E-state index in [1.54, 1.807) is 16.7 Å². The molecule has 0 spiro atoms. The molecule has 0 N–H and O–H groups in total. The lowest BCUT2D eigenvalue weighted by atomic mass is 9.55. The molecule has 148 valence electrons. The van der Waals surface area contributed by atoms with Crippen LogP contribution in [0.5, 0.6) is 0 Å². The Balaban J connectivity index is 1.57. The molecule has 0 heterocycles. The lowest BCUT2D eigenvalue weighted by molar-refractivity contribution is 0.170. The van der Waals surface area contributed by atoms with Crippen molar-refractivity contribution in [3.05, 3.63) is 47.1 Å². The minimum atomic E-state index is 0.356. The first-order valence-corrected chi connectivity index (χ1v) is 11.6. The SMILES string of the molecule is CC(C)C(C)/C=C/CC1CCC2C3=CC=C4CCCCC4(C)C3=CCC12C. The Labute approximate surface area is 167 Å². The summed E-state index contributed by atoms with van der Waals surface area (Å²) in [5.74, 6) is 3.08. The highest BCUT2D eigenvalue weighted by molar-refractivity contribution is 5.53. The fourth-order valence-corrected chi connectivity index (χ4v) is 6.57. The lowest BCUT2D eigenvalue weighted by Crippen LogP contribution is -2.38. The predicted molar refractivity (Wildman–Crippen MR) is 118 cm³/mol. The number of fused-ring (bicyclic) bond motifs is 5. The summed E-state index contributed by atoms with van der Waals surface area (Å²) in [6, 6.07) is 0. The van der Waals surface area contributed by atoms with Gasteiger partial charge in [0.05, 0.1) is 0 Å². The van der Waals surface area contributed by atoms with Crippen LogP contribution in [0.2, 0.25) is 0 Å². The van der Waals surface area contributed by atoms with Gasteiger partial charge in [-0.1, -0.05) is 77.0 Å². The fraction of sp³-hybridized carbons (Fsp3) is 0.704. The van der Waals surface area contributed by atoms with Crippen molar-refractivity contribution in [2.45, 2.75) is 86.0 Å². The van der Waals surface area contributed by atoms with Gasteiger partial charge in [0.1, 0.15) is 0 Å². The number of hydrogen-bond donors (Lipinski definition) is 0. The van der Waals surface area contributed by atoms with Crippen LogP contribution in [0, 0.1) is 34.5 Å². The van der Waals surface area contributed by atoms with Crippen molar-refractivity contribution in [3.8, 4) is 0 Å². The molecule has 0 aromatic carbocycles. The molecular weight excluding hydrogens is 324 g/mol. The van der Waals surface area contributed by atoms with Gasteiger partial charge in [-0.05, 0) is 85.2 Å². The summed E-state index contributed by atoms with van der Waals surface area (Å²) in [6.45, 7) is 12.2. The lowest BCUT2D eigenvalue weighted by Gasteiger charge is -2.49. The number of allylic oxidation sites excluding steroid dienone is 8. The van der Waals surface area contributed by atoms with E-state index in [4.69, 9.17) is 0 Å². The van der Waals surface area contributed by atoms with Gasteiger partial charge in [0.2, 0.25) is 0 Å². The van der Waals surface area contributed by atoms with E-state index >= 15 is 0 Å². The summed E-state index contributed by atoms with van der Waals surface area (Å²) >= 11 is 0. The third-order valence-electron chi connectivity index (χ3n) is 9.02. The van der Waals surface area contributed by atoms with Crippen LogP contribution in [-0.2, 0) is 0 Å². The van der Waals surface area contributed by atoms with Gasteiger partial charge in [0, 0.05) is 5.41 Å². The van der Waals surface area contributed by atoms with Crippen molar-refractivity contribution in [3.63, 3.8) is 0 Å². The largest absolute Gasteiger partial charge is 0.0880 e. The molecule has 0 saturated heterocycles. The van der Waals surface area contributed by atoms with E-state index < -0.39 is 0 Å². The van der Waals surface area contributed by atoms with Crippen LogP contribution in [0.25, 0.3) is 0 Å². The summed E-state index contributed by atoms with van der Waals surface area (Å²) in [5.41, 5.74) is 5.99. The van der Waals surface area contributed by atoms with Gasteiger partial charge in [-0.25, -0.2) is 0 Å². The van der Waals surface area contributed by atoms with Crippen LogP contribution in [0.3, 0.4) is 0 Å². The predicted octanol–water partition coefficient (Wildman–Crippen LogP) is 8.03. The molecule has 0 heteroatoms. The van der Waals surface area contributed by atoms with Crippen molar-refractivity contribution in [2.75, 3.05) is 0 Å². The average Bonchev–Trinajstić information content (AvgIpc) is 2.97. The van der Waals surface area contributed by atoms with Gasteiger partial charge in [0.15, 0.2) is 0 Å². The fourth-order valence-electron chi connectivity index (χ4n) is 6.57. The van der Waals surface area contributed by atoms with Crippen LogP contribution < -0.4 is 0 Å². The Morgan fingerprint density at radius 2 is 1.93 bits per heavy atom. The van der Waals surface area contributed by atoms with Gasteiger partial charge < -0.3 is 0 Å². The molecule has 2 fully saturated rings. The number of hydrogen-bond acceptors (Lipinski definition) is 0. The molecule has 0 amide bonds. The van der Waals surface area contributed by atoms with Gasteiger partial charge in [-0.3, -0.25) is 0 Å². The molecule has 0 aromatic heterocycles. The summed E-state index contributed by atoms with van der Waals surface area (Å²) in [6.07, 6.45) is 23.6. The second-order valence-electron chi connectivity index (χ2n) is 10.8. The molecule has 4 aliphatic carbocycles. The first kappa shape index (κ1) is 19.3. The zero-order chi connectivity index (χ0) is 19.2. The summed E-state index contributed by atoms with van der Waals surface area (Å²) in [5, 5.41) is 0. The van der Waals surface area contributed by atoms with Crippen molar-refractivity contribution >= 4 is 0 Å². The summed E-state index contributed by atoms with van der Waals surface area (Å²) in [4.78, 5) is 0. The van der Waals surface area contributed by atoms with Crippen LogP contribution in [0.15, 0.2) is 47.1 Å².